The molecule has 0 aliphatic heterocycles. The first-order valence-electron chi connectivity index (χ1n) is 5.27. The molecule has 96 valence electrons. The fourth-order valence-corrected chi connectivity index (χ4v) is 2.31. The molecule has 0 radical (unpaired) electrons. The summed E-state index contributed by atoms with van der Waals surface area (Å²) >= 11 is 3.33. The maximum absolute atomic E-state index is 11.1. The number of pyridine rings is 2. The third-order valence-electron chi connectivity index (χ3n) is 2.33. The van der Waals surface area contributed by atoms with Crippen molar-refractivity contribution >= 4 is 42.5 Å². The van der Waals surface area contributed by atoms with Crippen LogP contribution in [0.4, 0.5) is 5.69 Å². The number of hydrogen-bond donors (Lipinski definition) is 1. The first-order valence-corrected chi connectivity index (χ1v) is 8.13. The van der Waals surface area contributed by atoms with Crippen molar-refractivity contribution in [3.05, 3.63) is 29.0 Å². The monoisotopic (exact) mass is 329 g/mol. The molecule has 0 aliphatic carbocycles. The summed E-state index contributed by atoms with van der Waals surface area (Å²) in [6, 6.07) is 3.65. The van der Waals surface area contributed by atoms with E-state index < -0.39 is 9.84 Å². The first kappa shape index (κ1) is 13.2. The molecule has 0 spiro atoms. The van der Waals surface area contributed by atoms with Crippen molar-refractivity contribution in [2.75, 3.05) is 23.9 Å². The highest BCUT2D eigenvalue weighted by molar-refractivity contribution is 9.10. The van der Waals surface area contributed by atoms with Crippen LogP contribution in [0.2, 0.25) is 0 Å². The van der Waals surface area contributed by atoms with Crippen LogP contribution in [0.25, 0.3) is 11.0 Å². The molecule has 0 amide bonds. The first-order chi connectivity index (χ1) is 8.46. The molecule has 0 aliphatic rings. The Hall–Kier alpha value is -1.21. The number of nitrogens with zero attached hydrogens (tertiary/aromatic N) is 2. The molecule has 0 unspecified atom stereocenters. The van der Waals surface area contributed by atoms with E-state index in [1.807, 2.05) is 6.07 Å². The zero-order chi connectivity index (χ0) is 13.2. The van der Waals surface area contributed by atoms with Crippen molar-refractivity contribution in [1.82, 2.24) is 9.97 Å². The SMILES string of the molecule is CS(=O)(=O)CCNc1ccnc2cc(Br)cnc12. The second-order valence-corrected chi connectivity index (χ2v) is 7.11. The number of fused-ring (bicyclic) bond motifs is 1. The summed E-state index contributed by atoms with van der Waals surface area (Å²) in [5.41, 5.74) is 2.28. The number of nitrogens with one attached hydrogen (secondary N) is 1. The smallest absolute Gasteiger partial charge is 0.149 e. The Labute approximate surface area is 114 Å². The van der Waals surface area contributed by atoms with Crippen molar-refractivity contribution in [2.45, 2.75) is 0 Å². The Morgan fingerprint density at radius 2 is 2.17 bits per heavy atom. The van der Waals surface area contributed by atoms with Crippen LogP contribution in [-0.2, 0) is 9.84 Å². The lowest BCUT2D eigenvalue weighted by molar-refractivity contribution is 0.602. The Morgan fingerprint density at radius 3 is 2.89 bits per heavy atom. The van der Waals surface area contributed by atoms with Gasteiger partial charge < -0.3 is 5.32 Å². The van der Waals surface area contributed by atoms with Crippen LogP contribution in [0.1, 0.15) is 0 Å². The second kappa shape index (κ2) is 5.19. The van der Waals surface area contributed by atoms with E-state index in [0.29, 0.717) is 6.54 Å². The van der Waals surface area contributed by atoms with E-state index in [2.05, 4.69) is 31.2 Å². The lowest BCUT2D eigenvalue weighted by Gasteiger charge is -2.08. The van der Waals surface area contributed by atoms with Gasteiger partial charge in [0, 0.05) is 29.7 Å². The number of hydrogen-bond acceptors (Lipinski definition) is 5. The quantitative estimate of drug-likeness (QED) is 0.926. The van der Waals surface area contributed by atoms with Gasteiger partial charge in [-0.05, 0) is 28.1 Å². The zero-order valence-corrected chi connectivity index (χ0v) is 12.1. The zero-order valence-electron chi connectivity index (χ0n) is 9.72. The van der Waals surface area contributed by atoms with Crippen LogP contribution in [-0.4, -0.2) is 36.9 Å². The molecular formula is C11H12BrN3O2S. The highest BCUT2D eigenvalue weighted by atomic mass is 79.9. The molecule has 5 nitrogen and oxygen atoms in total. The summed E-state index contributed by atoms with van der Waals surface area (Å²) in [7, 11) is -2.96. The molecule has 18 heavy (non-hydrogen) atoms. The van der Waals surface area contributed by atoms with E-state index in [9.17, 15) is 8.42 Å². The molecule has 2 rings (SSSR count). The summed E-state index contributed by atoms with van der Waals surface area (Å²) in [6.45, 7) is 0.357. The van der Waals surface area contributed by atoms with Crippen LogP contribution >= 0.6 is 15.9 Å². The van der Waals surface area contributed by atoms with Gasteiger partial charge in [-0.2, -0.15) is 0 Å². The van der Waals surface area contributed by atoms with Crippen molar-refractivity contribution < 1.29 is 8.42 Å². The molecule has 0 atom stereocenters. The average molecular weight is 330 g/mol. The molecule has 0 saturated heterocycles. The summed E-state index contributed by atoms with van der Waals surface area (Å²) in [5, 5.41) is 3.07. The fraction of sp³-hybridized carbons (Fsp3) is 0.273. The largest absolute Gasteiger partial charge is 0.382 e. The van der Waals surface area contributed by atoms with Gasteiger partial charge in [0.15, 0.2) is 0 Å². The highest BCUT2D eigenvalue weighted by Gasteiger charge is 2.05. The number of anilines is 1. The third kappa shape index (κ3) is 3.39. The van der Waals surface area contributed by atoms with E-state index in [1.165, 1.54) is 6.26 Å². The Balaban J connectivity index is 2.23. The average Bonchev–Trinajstić information content (AvgIpc) is 2.27. The molecule has 2 aromatic rings. The second-order valence-electron chi connectivity index (χ2n) is 3.94. The molecule has 2 aromatic heterocycles. The standard InChI is InChI=1S/C11H12BrN3O2S/c1-18(16,17)5-4-14-9-2-3-13-10-6-8(12)7-15-11(9)10/h2-3,6-7H,4-5H2,1H3,(H,13,14). The Morgan fingerprint density at radius 1 is 1.39 bits per heavy atom. The normalized spacial score (nSPS) is 11.7. The molecule has 0 fully saturated rings. The molecule has 0 bridgehead atoms. The van der Waals surface area contributed by atoms with Crippen molar-refractivity contribution in [1.29, 1.82) is 0 Å². The minimum atomic E-state index is -2.96. The van der Waals surface area contributed by atoms with Gasteiger partial charge in [-0.25, -0.2) is 8.42 Å². The minimum Gasteiger partial charge on any atom is -0.382 e. The van der Waals surface area contributed by atoms with Crippen molar-refractivity contribution in [3.8, 4) is 0 Å². The Bertz CT molecular complexity index is 673. The van der Waals surface area contributed by atoms with Crippen LogP contribution < -0.4 is 5.32 Å². The minimum absolute atomic E-state index is 0.0906. The van der Waals surface area contributed by atoms with Gasteiger partial charge >= 0.3 is 0 Å². The van der Waals surface area contributed by atoms with E-state index >= 15 is 0 Å². The fourth-order valence-electron chi connectivity index (χ4n) is 1.52. The highest BCUT2D eigenvalue weighted by Crippen LogP contribution is 2.21. The van der Waals surface area contributed by atoms with E-state index in [1.54, 1.807) is 18.5 Å². The van der Waals surface area contributed by atoms with Crippen LogP contribution in [0.15, 0.2) is 29.0 Å². The van der Waals surface area contributed by atoms with Gasteiger partial charge in [0.25, 0.3) is 0 Å². The summed E-state index contributed by atoms with van der Waals surface area (Å²) < 4.78 is 23.0. The summed E-state index contributed by atoms with van der Waals surface area (Å²) in [4.78, 5) is 8.48. The molecular weight excluding hydrogens is 318 g/mol. The predicted octanol–water partition coefficient (Wildman–Crippen LogP) is 1.85. The number of rotatable bonds is 4. The molecule has 0 saturated carbocycles. The maximum atomic E-state index is 11.1. The lowest BCUT2D eigenvalue weighted by Crippen LogP contribution is -2.14. The molecule has 0 aromatic carbocycles. The van der Waals surface area contributed by atoms with Gasteiger partial charge in [-0.3, -0.25) is 9.97 Å². The van der Waals surface area contributed by atoms with E-state index in [0.717, 1.165) is 21.2 Å². The van der Waals surface area contributed by atoms with E-state index in [-0.39, 0.29) is 5.75 Å². The predicted molar refractivity (Wildman–Crippen MR) is 75.4 cm³/mol. The van der Waals surface area contributed by atoms with Crippen LogP contribution in [0, 0.1) is 0 Å². The van der Waals surface area contributed by atoms with Gasteiger partial charge in [0.2, 0.25) is 0 Å². The van der Waals surface area contributed by atoms with Crippen molar-refractivity contribution in [2.24, 2.45) is 0 Å². The van der Waals surface area contributed by atoms with Gasteiger partial charge in [0.05, 0.1) is 17.0 Å². The number of sulfone groups is 1. The van der Waals surface area contributed by atoms with E-state index in [4.69, 9.17) is 0 Å². The third-order valence-corrected chi connectivity index (χ3v) is 3.71. The topological polar surface area (TPSA) is 72.0 Å². The molecule has 7 heteroatoms. The lowest BCUT2D eigenvalue weighted by atomic mass is 10.3. The summed E-state index contributed by atoms with van der Waals surface area (Å²) in [6.07, 6.45) is 4.57. The molecule has 2 heterocycles. The van der Waals surface area contributed by atoms with Crippen LogP contribution in [0.3, 0.4) is 0 Å². The van der Waals surface area contributed by atoms with Crippen LogP contribution in [0.5, 0.6) is 0 Å². The van der Waals surface area contributed by atoms with Gasteiger partial charge in [-0.15, -0.1) is 0 Å². The maximum Gasteiger partial charge on any atom is 0.149 e. The summed E-state index contributed by atoms with van der Waals surface area (Å²) in [5.74, 6) is 0.0906. The number of aromatic nitrogens is 2. The number of halogens is 1. The van der Waals surface area contributed by atoms with Gasteiger partial charge in [0.1, 0.15) is 15.4 Å². The van der Waals surface area contributed by atoms with Gasteiger partial charge in [-0.1, -0.05) is 0 Å². The molecule has 1 N–H and O–H groups in total. The van der Waals surface area contributed by atoms with Crippen molar-refractivity contribution in [3.63, 3.8) is 0 Å². The Kier molecular flexibility index (Phi) is 3.82.